The van der Waals surface area contributed by atoms with E-state index in [1.165, 1.54) is 25.2 Å². The van der Waals surface area contributed by atoms with E-state index in [0.717, 1.165) is 6.21 Å². The Morgan fingerprint density at radius 1 is 1.40 bits per heavy atom. The molecule has 0 amide bonds. The summed E-state index contributed by atoms with van der Waals surface area (Å²) in [5.41, 5.74) is 0. The van der Waals surface area contributed by atoms with Gasteiger partial charge in [0.25, 0.3) is 0 Å². The summed E-state index contributed by atoms with van der Waals surface area (Å²) in [5, 5.41) is 1.70. The highest BCUT2D eigenvalue weighted by Crippen LogP contribution is 2.58. The Kier molecular flexibility index (Phi) is 6.39. The first kappa shape index (κ1) is 17.4. The van der Waals surface area contributed by atoms with Crippen molar-refractivity contribution in [3.8, 4) is 0 Å². The first-order valence-corrected chi connectivity index (χ1v) is 8.34. The molecular formula is C11H15F3NO3PS. The molecule has 0 fully saturated rings. The minimum absolute atomic E-state index is 0.154. The van der Waals surface area contributed by atoms with Crippen molar-refractivity contribution >= 4 is 25.1 Å². The fourth-order valence-corrected chi connectivity index (χ4v) is 3.65. The average molecular weight is 329 g/mol. The van der Waals surface area contributed by atoms with Crippen LogP contribution in [0.4, 0.5) is 13.2 Å². The average Bonchev–Trinajstić information content (AvgIpc) is 2.80. The number of hydrogen-bond acceptors (Lipinski definition) is 5. The third-order valence-electron chi connectivity index (χ3n) is 2.10. The monoisotopic (exact) mass is 329 g/mol. The highest BCUT2D eigenvalue weighted by Gasteiger charge is 2.53. The minimum atomic E-state index is -4.81. The number of alkyl halides is 3. The van der Waals surface area contributed by atoms with Crippen LogP contribution < -0.4 is 0 Å². The zero-order valence-corrected chi connectivity index (χ0v) is 12.7. The van der Waals surface area contributed by atoms with Crippen molar-refractivity contribution < 1.29 is 26.8 Å². The molecule has 20 heavy (non-hydrogen) atoms. The van der Waals surface area contributed by atoms with Gasteiger partial charge in [-0.2, -0.15) is 13.2 Å². The van der Waals surface area contributed by atoms with Gasteiger partial charge in [0.2, 0.25) is 5.78 Å². The van der Waals surface area contributed by atoms with Gasteiger partial charge in [-0.3, -0.25) is 9.56 Å². The van der Waals surface area contributed by atoms with Crippen LogP contribution in [0.15, 0.2) is 22.5 Å². The maximum Gasteiger partial charge on any atom is 0.422 e. The number of hydrogen-bond donors (Lipinski definition) is 0. The predicted molar refractivity (Wildman–Crippen MR) is 72.6 cm³/mol. The molecule has 0 saturated heterocycles. The van der Waals surface area contributed by atoms with Gasteiger partial charge in [0.15, 0.2) is 0 Å². The molecule has 1 atom stereocenters. The normalized spacial score (nSPS) is 14.8. The fourth-order valence-electron chi connectivity index (χ4n) is 1.39. The molecule has 0 aliphatic carbocycles. The molecule has 1 aromatic heterocycles. The van der Waals surface area contributed by atoms with Crippen molar-refractivity contribution in [2.45, 2.75) is 25.8 Å². The molecule has 1 unspecified atom stereocenters. The highest BCUT2D eigenvalue weighted by atomic mass is 32.1. The van der Waals surface area contributed by atoms with Gasteiger partial charge in [-0.25, -0.2) is 0 Å². The van der Waals surface area contributed by atoms with Gasteiger partial charge in [-0.15, -0.1) is 11.3 Å². The Labute approximate surface area is 119 Å². The van der Waals surface area contributed by atoms with Crippen molar-refractivity contribution in [1.82, 2.24) is 0 Å². The van der Waals surface area contributed by atoms with Crippen molar-refractivity contribution in [3.05, 3.63) is 22.4 Å². The number of thiophene rings is 1. The molecule has 0 spiro atoms. The Morgan fingerprint density at radius 3 is 2.40 bits per heavy atom. The summed E-state index contributed by atoms with van der Waals surface area (Å²) in [6.45, 7) is 2.58. The second kappa shape index (κ2) is 7.36. The smallest absolute Gasteiger partial charge is 0.307 e. The van der Waals surface area contributed by atoms with Gasteiger partial charge in [-0.1, -0.05) is 6.07 Å². The molecule has 0 aliphatic heterocycles. The summed E-state index contributed by atoms with van der Waals surface area (Å²) in [7, 11) is -4.39. The quantitative estimate of drug-likeness (QED) is 0.553. The lowest BCUT2D eigenvalue weighted by Crippen LogP contribution is -2.29. The predicted octanol–water partition coefficient (Wildman–Crippen LogP) is 4.32. The van der Waals surface area contributed by atoms with E-state index in [0.29, 0.717) is 4.88 Å². The van der Waals surface area contributed by atoms with Crippen LogP contribution in [0.1, 0.15) is 18.7 Å². The molecule has 9 heteroatoms. The Morgan fingerprint density at radius 2 is 2.00 bits per heavy atom. The fraction of sp³-hybridized carbons (Fsp3) is 0.545. The summed E-state index contributed by atoms with van der Waals surface area (Å²) < 4.78 is 60.9. The lowest BCUT2D eigenvalue weighted by atomic mass is 10.5. The van der Waals surface area contributed by atoms with E-state index in [9.17, 15) is 17.7 Å². The number of aliphatic imine (C=N–C) groups is 1. The first-order chi connectivity index (χ1) is 9.33. The van der Waals surface area contributed by atoms with Crippen LogP contribution in [-0.2, 0) is 13.6 Å². The van der Waals surface area contributed by atoms with Crippen LogP contribution >= 0.6 is 18.9 Å². The summed E-state index contributed by atoms with van der Waals surface area (Å²) >= 11 is 1.22. The molecule has 4 nitrogen and oxygen atoms in total. The molecule has 0 radical (unpaired) electrons. The minimum Gasteiger partial charge on any atom is -0.307 e. The standard InChI is InChI=1S/C11H15F3NO3PS/c1-3-17-19(16,18-4-2)10(11(12,13)14)15-8-9-6-5-7-20-9/h5-8,10H,3-4H2,1-2H3. The van der Waals surface area contributed by atoms with E-state index in [2.05, 4.69) is 4.99 Å². The maximum absolute atomic E-state index is 13.0. The van der Waals surface area contributed by atoms with Crippen molar-refractivity contribution in [2.75, 3.05) is 13.2 Å². The van der Waals surface area contributed by atoms with Gasteiger partial charge in [0.05, 0.1) is 13.2 Å². The SMILES string of the molecule is CCOP(=O)(OCC)C(N=Cc1cccs1)C(F)(F)F. The van der Waals surface area contributed by atoms with Gasteiger partial charge >= 0.3 is 13.8 Å². The van der Waals surface area contributed by atoms with Gasteiger partial charge < -0.3 is 9.05 Å². The second-order valence-electron chi connectivity index (χ2n) is 3.58. The van der Waals surface area contributed by atoms with Crippen molar-refractivity contribution in [2.24, 2.45) is 4.99 Å². The molecule has 0 aromatic carbocycles. The Hall–Kier alpha value is -0.690. The maximum atomic E-state index is 13.0. The highest BCUT2D eigenvalue weighted by molar-refractivity contribution is 7.54. The molecule has 1 aromatic rings. The molecule has 1 rings (SSSR count). The summed E-state index contributed by atoms with van der Waals surface area (Å²) in [4.78, 5) is 3.92. The topological polar surface area (TPSA) is 47.9 Å². The van der Waals surface area contributed by atoms with Crippen LogP contribution in [0.2, 0.25) is 0 Å². The van der Waals surface area contributed by atoms with Gasteiger partial charge in [0.1, 0.15) is 0 Å². The van der Waals surface area contributed by atoms with E-state index in [1.54, 1.807) is 17.5 Å². The van der Waals surface area contributed by atoms with E-state index in [1.807, 2.05) is 0 Å². The van der Waals surface area contributed by atoms with Gasteiger partial charge in [0, 0.05) is 11.1 Å². The van der Waals surface area contributed by atoms with Crippen LogP contribution in [0.25, 0.3) is 0 Å². The molecular weight excluding hydrogens is 314 g/mol. The van der Waals surface area contributed by atoms with Crippen LogP contribution in [0.5, 0.6) is 0 Å². The largest absolute Gasteiger partial charge is 0.422 e. The lowest BCUT2D eigenvalue weighted by Gasteiger charge is -2.24. The summed E-state index contributed by atoms with van der Waals surface area (Å²) in [6.07, 6.45) is -3.78. The Balaban J connectivity index is 3.07. The number of nitrogens with zero attached hydrogens (tertiary/aromatic N) is 1. The van der Waals surface area contributed by atoms with Crippen molar-refractivity contribution in [1.29, 1.82) is 0 Å². The van der Waals surface area contributed by atoms with Crippen LogP contribution in [0.3, 0.4) is 0 Å². The molecule has 0 aliphatic rings. The molecule has 0 N–H and O–H groups in total. The third-order valence-corrected chi connectivity index (χ3v) is 5.16. The van der Waals surface area contributed by atoms with Crippen LogP contribution in [0, 0.1) is 0 Å². The van der Waals surface area contributed by atoms with Crippen LogP contribution in [-0.4, -0.2) is 31.4 Å². The number of halogens is 3. The van der Waals surface area contributed by atoms with E-state index < -0.39 is 19.6 Å². The zero-order chi connectivity index (χ0) is 15.2. The molecule has 0 saturated carbocycles. The van der Waals surface area contributed by atoms with E-state index >= 15 is 0 Å². The summed E-state index contributed by atoms with van der Waals surface area (Å²) in [5.74, 6) is -2.52. The third kappa shape index (κ3) is 4.70. The molecule has 0 bridgehead atoms. The molecule has 1 heterocycles. The number of rotatable bonds is 7. The Bertz CT molecular complexity index is 466. The van der Waals surface area contributed by atoms with E-state index in [4.69, 9.17) is 9.05 Å². The van der Waals surface area contributed by atoms with E-state index in [-0.39, 0.29) is 13.2 Å². The molecule has 114 valence electrons. The van der Waals surface area contributed by atoms with Gasteiger partial charge in [-0.05, 0) is 25.3 Å². The summed E-state index contributed by atoms with van der Waals surface area (Å²) in [6, 6.07) is 3.28. The zero-order valence-electron chi connectivity index (χ0n) is 11.0. The second-order valence-corrected chi connectivity index (χ2v) is 6.65. The first-order valence-electron chi connectivity index (χ1n) is 5.85. The lowest BCUT2D eigenvalue weighted by molar-refractivity contribution is -0.133. The van der Waals surface area contributed by atoms with Crippen molar-refractivity contribution in [3.63, 3.8) is 0 Å².